The summed E-state index contributed by atoms with van der Waals surface area (Å²) in [5.74, 6) is 0.143. The molecule has 3 heterocycles. The first-order valence-electron chi connectivity index (χ1n) is 7.88. The van der Waals surface area contributed by atoms with Crippen molar-refractivity contribution in [1.82, 2.24) is 9.78 Å². The second kappa shape index (κ2) is 4.90. The molecule has 0 saturated carbocycles. The highest BCUT2D eigenvalue weighted by Gasteiger charge is 2.37. The number of hydrogen-bond donors (Lipinski definition) is 2. The molecule has 0 aliphatic carbocycles. The van der Waals surface area contributed by atoms with Crippen LogP contribution < -0.4 is 9.47 Å². The number of aromatic hydroxyl groups is 1. The van der Waals surface area contributed by atoms with Crippen LogP contribution in [-0.2, 0) is 19.9 Å². The van der Waals surface area contributed by atoms with E-state index in [1.807, 2.05) is 13.8 Å². The van der Waals surface area contributed by atoms with Gasteiger partial charge in [-0.1, -0.05) is 0 Å². The van der Waals surface area contributed by atoms with Crippen LogP contribution in [0.3, 0.4) is 0 Å². The number of ether oxygens (including phenoxy) is 2. The summed E-state index contributed by atoms with van der Waals surface area (Å²) in [4.78, 5) is 11.3. The van der Waals surface area contributed by atoms with E-state index in [-0.39, 0.29) is 23.7 Å². The number of carboxylic acid groups (broad SMARTS) is 1. The van der Waals surface area contributed by atoms with E-state index in [1.165, 1.54) is 10.7 Å². The number of fused-ring (bicyclic) bond motifs is 2. The van der Waals surface area contributed by atoms with Crippen LogP contribution in [0.2, 0.25) is 0 Å². The Morgan fingerprint density at radius 3 is 2.46 bits per heavy atom. The minimum Gasteiger partial charge on any atom is -0.504 e. The summed E-state index contributed by atoms with van der Waals surface area (Å²) in [6.07, 6.45) is 1.09. The molecule has 2 aliphatic heterocycles. The normalized spacial score (nSPS) is 21.1. The van der Waals surface area contributed by atoms with Crippen molar-refractivity contribution in [3.05, 3.63) is 22.9 Å². The van der Waals surface area contributed by atoms with Gasteiger partial charge in [0.2, 0.25) is 0 Å². The molecule has 0 saturated heterocycles. The number of phenolic OH excluding ortho intramolecular Hbond substituents is 1. The third kappa shape index (κ3) is 1.97. The van der Waals surface area contributed by atoms with Crippen LogP contribution in [0.15, 0.2) is 6.07 Å². The minimum absolute atomic E-state index is 0.0268. The monoisotopic (exact) mass is 330 g/mol. The zero-order chi connectivity index (χ0) is 17.2. The van der Waals surface area contributed by atoms with Gasteiger partial charge in [0.05, 0.1) is 5.69 Å². The van der Waals surface area contributed by atoms with E-state index in [4.69, 9.17) is 9.47 Å². The molecule has 126 valence electrons. The van der Waals surface area contributed by atoms with Crippen LogP contribution >= 0.6 is 0 Å². The average molecular weight is 330 g/mol. The van der Waals surface area contributed by atoms with Gasteiger partial charge in [-0.2, -0.15) is 5.10 Å². The van der Waals surface area contributed by atoms with Gasteiger partial charge in [0.1, 0.15) is 18.0 Å². The van der Waals surface area contributed by atoms with E-state index in [9.17, 15) is 15.0 Å². The Morgan fingerprint density at radius 2 is 1.83 bits per heavy atom. The molecule has 0 bridgehead atoms. The number of aryl methyl sites for hydroxylation is 1. The van der Waals surface area contributed by atoms with Crippen molar-refractivity contribution in [2.45, 2.75) is 38.9 Å². The summed E-state index contributed by atoms with van der Waals surface area (Å²) in [6.45, 7) is 3.87. The molecule has 7 nitrogen and oxygen atoms in total. The van der Waals surface area contributed by atoms with Gasteiger partial charge in [0.25, 0.3) is 0 Å². The summed E-state index contributed by atoms with van der Waals surface area (Å²) >= 11 is 0. The standard InChI is InChI=1S/C17H18N2O5/c1-7-4-9-13(12-6-11(17(21)22)18-19(12)3)15-10(5-8(2)23-15)14(20)16(9)24-7/h6-8,20H,4-5H2,1-3H3,(H,21,22). The fourth-order valence-electron chi connectivity index (χ4n) is 3.57. The van der Waals surface area contributed by atoms with Crippen molar-refractivity contribution in [2.75, 3.05) is 0 Å². The van der Waals surface area contributed by atoms with Crippen LogP contribution in [0.5, 0.6) is 17.2 Å². The lowest BCUT2D eigenvalue weighted by Gasteiger charge is -2.15. The van der Waals surface area contributed by atoms with E-state index in [0.29, 0.717) is 35.6 Å². The van der Waals surface area contributed by atoms with Gasteiger partial charge in [-0.3, -0.25) is 4.68 Å². The third-order valence-electron chi connectivity index (χ3n) is 4.55. The lowest BCUT2D eigenvalue weighted by molar-refractivity contribution is 0.0689. The second-order valence-electron chi connectivity index (χ2n) is 6.45. The Morgan fingerprint density at radius 1 is 1.21 bits per heavy atom. The predicted octanol–water partition coefficient (Wildman–Crippen LogP) is 2.14. The summed E-state index contributed by atoms with van der Waals surface area (Å²) < 4.78 is 13.3. The van der Waals surface area contributed by atoms with Crippen molar-refractivity contribution in [1.29, 1.82) is 0 Å². The van der Waals surface area contributed by atoms with Gasteiger partial charge in [0.15, 0.2) is 17.2 Å². The molecule has 4 rings (SSSR count). The highest BCUT2D eigenvalue weighted by atomic mass is 16.5. The fraction of sp³-hybridized carbons (Fsp3) is 0.412. The van der Waals surface area contributed by atoms with E-state index >= 15 is 0 Å². The van der Waals surface area contributed by atoms with Gasteiger partial charge in [-0.15, -0.1) is 0 Å². The van der Waals surface area contributed by atoms with Gasteiger partial charge < -0.3 is 19.7 Å². The van der Waals surface area contributed by atoms with Crippen LogP contribution in [0.4, 0.5) is 0 Å². The molecule has 1 aromatic carbocycles. The van der Waals surface area contributed by atoms with Crippen LogP contribution in [-0.4, -0.2) is 38.2 Å². The van der Waals surface area contributed by atoms with Crippen LogP contribution in [0.1, 0.15) is 35.5 Å². The Kier molecular flexibility index (Phi) is 3.03. The molecule has 0 spiro atoms. The maximum atomic E-state index is 11.3. The van der Waals surface area contributed by atoms with Crippen molar-refractivity contribution >= 4 is 5.97 Å². The number of phenols is 1. The van der Waals surface area contributed by atoms with Crippen molar-refractivity contribution < 1.29 is 24.5 Å². The van der Waals surface area contributed by atoms with E-state index in [1.54, 1.807) is 7.05 Å². The predicted molar refractivity (Wildman–Crippen MR) is 84.9 cm³/mol. The molecular formula is C17H18N2O5. The molecule has 2 N–H and O–H groups in total. The maximum Gasteiger partial charge on any atom is 0.356 e. The van der Waals surface area contributed by atoms with Gasteiger partial charge in [0, 0.05) is 36.6 Å². The Labute approximate surface area is 138 Å². The van der Waals surface area contributed by atoms with Crippen LogP contribution in [0.25, 0.3) is 11.3 Å². The van der Waals surface area contributed by atoms with E-state index < -0.39 is 5.97 Å². The maximum absolute atomic E-state index is 11.3. The minimum atomic E-state index is -1.08. The van der Waals surface area contributed by atoms with Crippen molar-refractivity contribution in [2.24, 2.45) is 7.05 Å². The van der Waals surface area contributed by atoms with Crippen molar-refractivity contribution in [3.8, 4) is 28.5 Å². The van der Waals surface area contributed by atoms with Gasteiger partial charge in [-0.25, -0.2) is 4.79 Å². The Balaban J connectivity index is 2.01. The lowest BCUT2D eigenvalue weighted by atomic mass is 9.94. The number of hydrogen-bond acceptors (Lipinski definition) is 5. The van der Waals surface area contributed by atoms with Crippen LogP contribution in [0, 0.1) is 0 Å². The molecule has 2 aromatic rings. The second-order valence-corrected chi connectivity index (χ2v) is 6.45. The fourth-order valence-corrected chi connectivity index (χ4v) is 3.57. The molecule has 7 heteroatoms. The smallest absolute Gasteiger partial charge is 0.356 e. The SMILES string of the molecule is CC1Cc2c(c(O)c3c(c2-c2cc(C(=O)O)nn2C)OC(C)C3)O1. The van der Waals surface area contributed by atoms with Gasteiger partial charge >= 0.3 is 5.97 Å². The highest BCUT2D eigenvalue weighted by Crippen LogP contribution is 2.53. The summed E-state index contributed by atoms with van der Waals surface area (Å²) in [5.41, 5.74) is 2.94. The molecule has 2 unspecified atom stereocenters. The zero-order valence-electron chi connectivity index (χ0n) is 13.7. The number of benzene rings is 1. The number of carboxylic acids is 1. The molecule has 2 aliphatic rings. The summed E-state index contributed by atoms with van der Waals surface area (Å²) in [5, 5.41) is 23.8. The highest BCUT2D eigenvalue weighted by molar-refractivity contribution is 5.89. The molecule has 24 heavy (non-hydrogen) atoms. The molecule has 0 fully saturated rings. The quantitative estimate of drug-likeness (QED) is 0.876. The van der Waals surface area contributed by atoms with E-state index in [0.717, 1.165) is 11.1 Å². The number of aromatic nitrogens is 2. The third-order valence-corrected chi connectivity index (χ3v) is 4.55. The molecule has 1 aromatic heterocycles. The Hall–Kier alpha value is -2.70. The molecular weight excluding hydrogens is 312 g/mol. The average Bonchev–Trinajstić information content (AvgIpc) is 3.17. The lowest BCUT2D eigenvalue weighted by Crippen LogP contribution is -2.07. The first-order valence-corrected chi connectivity index (χ1v) is 7.88. The Bertz CT molecular complexity index is 831. The molecule has 2 atom stereocenters. The molecule has 0 amide bonds. The first-order chi connectivity index (χ1) is 11.4. The number of nitrogens with zero attached hydrogens (tertiary/aromatic N) is 2. The first kappa shape index (κ1) is 14.9. The number of rotatable bonds is 2. The topological polar surface area (TPSA) is 93.8 Å². The summed E-state index contributed by atoms with van der Waals surface area (Å²) in [7, 11) is 1.70. The van der Waals surface area contributed by atoms with Gasteiger partial charge in [-0.05, 0) is 19.9 Å². The number of carbonyl (C=O) groups is 1. The largest absolute Gasteiger partial charge is 0.504 e. The van der Waals surface area contributed by atoms with Crippen molar-refractivity contribution in [3.63, 3.8) is 0 Å². The molecule has 0 radical (unpaired) electrons. The summed E-state index contributed by atoms with van der Waals surface area (Å²) in [6, 6.07) is 1.53. The van der Waals surface area contributed by atoms with E-state index in [2.05, 4.69) is 5.10 Å². The zero-order valence-corrected chi connectivity index (χ0v) is 13.7. The number of aromatic carboxylic acids is 1.